The largest absolute Gasteiger partial charge is 0.383 e. The number of H-pyrrole nitrogens is 1. The summed E-state index contributed by atoms with van der Waals surface area (Å²) in [6, 6.07) is 8.19. The zero-order valence-electron chi connectivity index (χ0n) is 11.5. The number of amides is 1. The molecule has 1 aromatic carbocycles. The number of carbonyl (C=O) groups excluding carboxylic acids is 1. The lowest BCUT2D eigenvalue weighted by molar-refractivity contribution is -0.121. The molecule has 0 bridgehead atoms. The molecule has 0 aliphatic rings. The fraction of sp³-hybridized carbons (Fsp3) is 0.400. The van der Waals surface area contributed by atoms with Crippen LogP contribution in [0, 0.1) is 6.92 Å². The molecule has 0 fully saturated rings. The molecule has 0 saturated heterocycles. The molecule has 0 radical (unpaired) electrons. The van der Waals surface area contributed by atoms with E-state index in [1.807, 2.05) is 12.1 Å². The topological polar surface area (TPSA) is 54.1 Å². The first-order valence-corrected chi connectivity index (χ1v) is 6.54. The number of carbonyl (C=O) groups is 1. The summed E-state index contributed by atoms with van der Waals surface area (Å²) in [7, 11) is 1.63. The minimum atomic E-state index is 0.0710. The Hall–Kier alpha value is -1.81. The number of hydrogen-bond donors (Lipinski definition) is 2. The average Bonchev–Trinajstić information content (AvgIpc) is 2.72. The van der Waals surface area contributed by atoms with Crippen LogP contribution in [0.3, 0.4) is 0 Å². The van der Waals surface area contributed by atoms with E-state index < -0.39 is 0 Å². The van der Waals surface area contributed by atoms with Crippen LogP contribution in [0.15, 0.2) is 24.3 Å². The van der Waals surface area contributed by atoms with Crippen LogP contribution in [0.25, 0.3) is 10.9 Å². The molecule has 4 nitrogen and oxygen atoms in total. The molecule has 4 heteroatoms. The third kappa shape index (κ3) is 3.35. The van der Waals surface area contributed by atoms with Gasteiger partial charge in [0.25, 0.3) is 0 Å². The summed E-state index contributed by atoms with van der Waals surface area (Å²) in [5.41, 5.74) is 3.51. The molecule has 2 aromatic rings. The van der Waals surface area contributed by atoms with Crippen molar-refractivity contribution in [3.8, 4) is 0 Å². The van der Waals surface area contributed by atoms with Crippen molar-refractivity contribution in [1.82, 2.24) is 10.3 Å². The normalized spacial score (nSPS) is 10.8. The molecular weight excluding hydrogens is 240 g/mol. The third-order valence-electron chi connectivity index (χ3n) is 3.26. The van der Waals surface area contributed by atoms with Crippen LogP contribution in [-0.4, -0.2) is 31.2 Å². The van der Waals surface area contributed by atoms with Gasteiger partial charge in [-0.1, -0.05) is 18.2 Å². The van der Waals surface area contributed by atoms with E-state index in [4.69, 9.17) is 4.74 Å². The van der Waals surface area contributed by atoms with Crippen molar-refractivity contribution in [2.24, 2.45) is 0 Å². The zero-order valence-corrected chi connectivity index (χ0v) is 11.5. The number of aromatic nitrogens is 1. The number of hydrogen-bond acceptors (Lipinski definition) is 2. The maximum atomic E-state index is 11.7. The Kier molecular flexibility index (Phi) is 4.58. The van der Waals surface area contributed by atoms with Crippen LogP contribution in [0.5, 0.6) is 0 Å². The average molecular weight is 260 g/mol. The highest BCUT2D eigenvalue weighted by molar-refractivity contribution is 5.85. The van der Waals surface area contributed by atoms with Crippen molar-refractivity contribution in [2.75, 3.05) is 20.3 Å². The lowest BCUT2D eigenvalue weighted by atomic mass is 10.1. The Labute approximate surface area is 113 Å². The lowest BCUT2D eigenvalue weighted by Crippen LogP contribution is -2.27. The number of methoxy groups -OCH3 is 1. The van der Waals surface area contributed by atoms with Crippen LogP contribution >= 0.6 is 0 Å². The molecule has 2 rings (SSSR count). The number of benzene rings is 1. The molecule has 1 heterocycles. The molecule has 1 amide bonds. The fourth-order valence-electron chi connectivity index (χ4n) is 2.28. The van der Waals surface area contributed by atoms with Gasteiger partial charge in [-0.15, -0.1) is 0 Å². The fourth-order valence-corrected chi connectivity index (χ4v) is 2.28. The Balaban J connectivity index is 1.98. The predicted octanol–water partition coefficient (Wildman–Crippen LogP) is 2.17. The van der Waals surface area contributed by atoms with E-state index in [0.29, 0.717) is 19.6 Å². The van der Waals surface area contributed by atoms with E-state index in [1.54, 1.807) is 7.11 Å². The van der Waals surface area contributed by atoms with Crippen LogP contribution in [-0.2, 0) is 16.0 Å². The van der Waals surface area contributed by atoms with Gasteiger partial charge in [-0.3, -0.25) is 4.79 Å². The first-order chi connectivity index (χ1) is 9.22. The number of rotatable bonds is 6. The Morgan fingerprint density at radius 1 is 1.37 bits per heavy atom. The minimum Gasteiger partial charge on any atom is -0.383 e. The summed E-state index contributed by atoms with van der Waals surface area (Å²) < 4.78 is 4.90. The van der Waals surface area contributed by atoms with Gasteiger partial charge >= 0.3 is 0 Å². The molecule has 19 heavy (non-hydrogen) atoms. The Morgan fingerprint density at radius 2 is 2.16 bits per heavy atom. The van der Waals surface area contributed by atoms with Gasteiger partial charge in [-0.05, 0) is 25.0 Å². The van der Waals surface area contributed by atoms with Crippen LogP contribution in [0.1, 0.15) is 17.7 Å². The van der Waals surface area contributed by atoms with Crippen molar-refractivity contribution in [3.63, 3.8) is 0 Å². The molecule has 0 aliphatic carbocycles. The molecular formula is C15H20N2O2. The van der Waals surface area contributed by atoms with Crippen LogP contribution < -0.4 is 5.32 Å². The highest BCUT2D eigenvalue weighted by atomic mass is 16.5. The second-order valence-corrected chi connectivity index (χ2v) is 4.62. The van der Waals surface area contributed by atoms with Gasteiger partial charge in [0.05, 0.1) is 6.61 Å². The van der Waals surface area contributed by atoms with Crippen molar-refractivity contribution >= 4 is 16.8 Å². The maximum Gasteiger partial charge on any atom is 0.220 e. The summed E-state index contributed by atoms with van der Waals surface area (Å²) in [6.45, 7) is 3.18. The molecule has 0 atom stereocenters. The van der Waals surface area contributed by atoms with Crippen LogP contribution in [0.4, 0.5) is 0 Å². The van der Waals surface area contributed by atoms with E-state index in [-0.39, 0.29) is 5.91 Å². The zero-order chi connectivity index (χ0) is 13.7. The number of ether oxygens (including phenoxy) is 1. The second-order valence-electron chi connectivity index (χ2n) is 4.62. The predicted molar refractivity (Wildman–Crippen MR) is 76.2 cm³/mol. The summed E-state index contributed by atoms with van der Waals surface area (Å²) in [5.74, 6) is 0.0710. The van der Waals surface area contributed by atoms with Gasteiger partial charge in [0.15, 0.2) is 0 Å². The van der Waals surface area contributed by atoms with E-state index in [1.165, 1.54) is 10.9 Å². The second kappa shape index (κ2) is 6.38. The van der Waals surface area contributed by atoms with Gasteiger partial charge in [0.2, 0.25) is 5.91 Å². The quantitative estimate of drug-likeness (QED) is 0.782. The number of fused-ring (bicyclic) bond motifs is 1. The Morgan fingerprint density at radius 3 is 2.95 bits per heavy atom. The number of nitrogens with one attached hydrogen (secondary N) is 2. The van der Waals surface area contributed by atoms with Gasteiger partial charge in [-0.2, -0.15) is 0 Å². The molecule has 0 saturated carbocycles. The molecule has 1 aromatic heterocycles. The van der Waals surface area contributed by atoms with Crippen LogP contribution in [0.2, 0.25) is 0 Å². The first kappa shape index (κ1) is 13.6. The van der Waals surface area contributed by atoms with Crippen molar-refractivity contribution in [1.29, 1.82) is 0 Å². The van der Waals surface area contributed by atoms with Crippen molar-refractivity contribution < 1.29 is 9.53 Å². The highest BCUT2D eigenvalue weighted by Gasteiger charge is 2.09. The maximum absolute atomic E-state index is 11.7. The van der Waals surface area contributed by atoms with E-state index >= 15 is 0 Å². The SMILES string of the molecule is COCCNC(=O)CCc1c(C)[nH]c2ccccc12. The van der Waals surface area contributed by atoms with Gasteiger partial charge in [-0.25, -0.2) is 0 Å². The van der Waals surface area contributed by atoms with Gasteiger partial charge in [0.1, 0.15) is 0 Å². The van der Waals surface area contributed by atoms with Crippen molar-refractivity contribution in [2.45, 2.75) is 19.8 Å². The summed E-state index contributed by atoms with van der Waals surface area (Å²) in [6.07, 6.45) is 1.26. The molecule has 0 unspecified atom stereocenters. The van der Waals surface area contributed by atoms with E-state index in [0.717, 1.165) is 17.6 Å². The smallest absolute Gasteiger partial charge is 0.220 e. The molecule has 0 aliphatic heterocycles. The lowest BCUT2D eigenvalue weighted by Gasteiger charge is -2.04. The number of aryl methyl sites for hydroxylation is 2. The van der Waals surface area contributed by atoms with Crippen molar-refractivity contribution in [3.05, 3.63) is 35.5 Å². The monoisotopic (exact) mass is 260 g/mol. The standard InChI is InChI=1S/C15H20N2O2/c1-11-12(7-8-15(18)16-9-10-19-2)13-5-3-4-6-14(13)17-11/h3-6,17H,7-10H2,1-2H3,(H,16,18). The first-order valence-electron chi connectivity index (χ1n) is 6.54. The highest BCUT2D eigenvalue weighted by Crippen LogP contribution is 2.22. The Bertz CT molecular complexity index is 560. The minimum absolute atomic E-state index is 0.0710. The summed E-state index contributed by atoms with van der Waals surface area (Å²) >= 11 is 0. The molecule has 2 N–H and O–H groups in total. The number of aromatic amines is 1. The summed E-state index contributed by atoms with van der Waals surface area (Å²) in [5, 5.41) is 4.05. The molecule has 102 valence electrons. The molecule has 0 spiro atoms. The van der Waals surface area contributed by atoms with E-state index in [9.17, 15) is 4.79 Å². The van der Waals surface area contributed by atoms with Gasteiger partial charge in [0, 0.05) is 36.7 Å². The van der Waals surface area contributed by atoms with Gasteiger partial charge < -0.3 is 15.0 Å². The number of para-hydroxylation sites is 1. The van der Waals surface area contributed by atoms with E-state index in [2.05, 4.69) is 29.4 Å². The third-order valence-corrected chi connectivity index (χ3v) is 3.26. The summed E-state index contributed by atoms with van der Waals surface area (Å²) in [4.78, 5) is 15.0.